The van der Waals surface area contributed by atoms with Gasteiger partial charge in [-0.3, -0.25) is 0 Å². The summed E-state index contributed by atoms with van der Waals surface area (Å²) >= 11 is 0. The average Bonchev–Trinajstić information content (AvgIpc) is 2.16. The summed E-state index contributed by atoms with van der Waals surface area (Å²) in [6, 6.07) is 6.25. The first-order valence-corrected chi connectivity index (χ1v) is 4.91. The fraction of sp³-hybridized carbons (Fsp3) is 0.455. The molecule has 1 rings (SSSR count). The maximum Gasteiger partial charge on any atom is 0.0400 e. The van der Waals surface area contributed by atoms with Gasteiger partial charge in [0, 0.05) is 24.8 Å². The predicted molar refractivity (Wildman–Crippen MR) is 61.4 cm³/mol. The molecule has 0 fully saturated rings. The van der Waals surface area contributed by atoms with Crippen molar-refractivity contribution in [3.05, 3.63) is 29.3 Å². The van der Waals surface area contributed by atoms with E-state index >= 15 is 0 Å². The Hall–Kier alpha value is -1.06. The van der Waals surface area contributed by atoms with E-state index in [-0.39, 0.29) is 6.04 Å². The van der Waals surface area contributed by atoms with Crippen LogP contribution in [-0.4, -0.2) is 19.1 Å². The van der Waals surface area contributed by atoms with E-state index in [4.69, 9.17) is 11.5 Å². The Labute approximate surface area is 85.5 Å². The van der Waals surface area contributed by atoms with Crippen molar-refractivity contribution >= 4 is 5.69 Å². The molecule has 0 saturated carbocycles. The van der Waals surface area contributed by atoms with Gasteiger partial charge in [0.15, 0.2) is 0 Å². The Bertz CT molecular complexity index is 276. The lowest BCUT2D eigenvalue weighted by atomic mass is 10.1. The summed E-state index contributed by atoms with van der Waals surface area (Å²) in [6.07, 6.45) is 0. The van der Waals surface area contributed by atoms with Crippen molar-refractivity contribution in [1.82, 2.24) is 0 Å². The van der Waals surface area contributed by atoms with Crippen molar-refractivity contribution in [3.63, 3.8) is 0 Å². The molecule has 0 radical (unpaired) electrons. The van der Waals surface area contributed by atoms with Gasteiger partial charge in [0.25, 0.3) is 0 Å². The van der Waals surface area contributed by atoms with E-state index in [1.807, 2.05) is 0 Å². The highest BCUT2D eigenvalue weighted by molar-refractivity contribution is 5.56. The molecule has 0 heterocycles. The zero-order valence-corrected chi connectivity index (χ0v) is 8.88. The molecular weight excluding hydrogens is 174 g/mol. The molecule has 0 amide bonds. The van der Waals surface area contributed by atoms with Crippen molar-refractivity contribution in [2.75, 3.05) is 18.4 Å². The van der Waals surface area contributed by atoms with E-state index in [1.165, 1.54) is 16.8 Å². The molecule has 0 aromatic heterocycles. The minimum atomic E-state index is 0.0222. The quantitative estimate of drug-likeness (QED) is 0.668. The van der Waals surface area contributed by atoms with Crippen molar-refractivity contribution in [2.24, 2.45) is 11.5 Å². The van der Waals surface area contributed by atoms with Crippen LogP contribution in [-0.2, 0) is 0 Å². The monoisotopic (exact) mass is 193 g/mol. The summed E-state index contributed by atoms with van der Waals surface area (Å²) in [5.41, 5.74) is 14.8. The highest BCUT2D eigenvalue weighted by atomic mass is 14.9. The number of para-hydroxylation sites is 1. The number of hydrogen-bond acceptors (Lipinski definition) is 3. The SMILES string of the molecule is Cc1cccc(C)c1NCC(N)CN. The van der Waals surface area contributed by atoms with Gasteiger partial charge in [-0.2, -0.15) is 0 Å². The second-order valence-corrected chi connectivity index (χ2v) is 3.64. The van der Waals surface area contributed by atoms with Crippen LogP contribution in [0.25, 0.3) is 0 Å². The van der Waals surface area contributed by atoms with E-state index in [9.17, 15) is 0 Å². The number of nitrogens with two attached hydrogens (primary N) is 2. The highest BCUT2D eigenvalue weighted by Gasteiger charge is 2.03. The Balaban J connectivity index is 2.66. The third-order valence-corrected chi connectivity index (χ3v) is 2.32. The van der Waals surface area contributed by atoms with Crippen molar-refractivity contribution in [3.8, 4) is 0 Å². The second kappa shape index (κ2) is 4.98. The third-order valence-electron chi connectivity index (χ3n) is 2.32. The second-order valence-electron chi connectivity index (χ2n) is 3.64. The zero-order chi connectivity index (χ0) is 10.6. The molecule has 0 aliphatic rings. The van der Waals surface area contributed by atoms with Crippen LogP contribution in [0, 0.1) is 13.8 Å². The molecule has 3 heteroatoms. The van der Waals surface area contributed by atoms with Crippen LogP contribution in [0.15, 0.2) is 18.2 Å². The van der Waals surface area contributed by atoms with Crippen LogP contribution in [0.4, 0.5) is 5.69 Å². The van der Waals surface area contributed by atoms with Gasteiger partial charge in [0.05, 0.1) is 0 Å². The fourth-order valence-electron chi connectivity index (χ4n) is 1.41. The summed E-state index contributed by atoms with van der Waals surface area (Å²) in [5.74, 6) is 0. The molecule has 0 spiro atoms. The topological polar surface area (TPSA) is 64.1 Å². The van der Waals surface area contributed by atoms with Gasteiger partial charge in [-0.05, 0) is 25.0 Å². The van der Waals surface area contributed by atoms with Crippen LogP contribution >= 0.6 is 0 Å². The average molecular weight is 193 g/mol. The van der Waals surface area contributed by atoms with E-state index in [0.29, 0.717) is 6.54 Å². The van der Waals surface area contributed by atoms with Gasteiger partial charge < -0.3 is 16.8 Å². The van der Waals surface area contributed by atoms with Crippen LogP contribution in [0.2, 0.25) is 0 Å². The Kier molecular flexibility index (Phi) is 3.92. The molecule has 1 atom stereocenters. The molecule has 1 aromatic carbocycles. The van der Waals surface area contributed by atoms with Gasteiger partial charge in [-0.25, -0.2) is 0 Å². The standard InChI is InChI=1S/C11H19N3/c1-8-4-3-5-9(2)11(8)14-7-10(13)6-12/h3-5,10,14H,6-7,12-13H2,1-2H3. The first-order valence-electron chi connectivity index (χ1n) is 4.91. The minimum Gasteiger partial charge on any atom is -0.383 e. The molecule has 78 valence electrons. The predicted octanol–water partition coefficient (Wildman–Crippen LogP) is 1.00. The van der Waals surface area contributed by atoms with E-state index in [0.717, 1.165) is 6.54 Å². The molecule has 0 saturated heterocycles. The lowest BCUT2D eigenvalue weighted by Crippen LogP contribution is -2.36. The Morgan fingerprint density at radius 1 is 1.29 bits per heavy atom. The maximum absolute atomic E-state index is 5.73. The van der Waals surface area contributed by atoms with Gasteiger partial charge in [-0.1, -0.05) is 18.2 Å². The van der Waals surface area contributed by atoms with E-state index in [1.54, 1.807) is 0 Å². The number of anilines is 1. The van der Waals surface area contributed by atoms with Gasteiger partial charge in [-0.15, -0.1) is 0 Å². The lowest BCUT2D eigenvalue weighted by Gasteiger charge is -2.15. The van der Waals surface area contributed by atoms with Gasteiger partial charge in [0.1, 0.15) is 0 Å². The number of benzene rings is 1. The Morgan fingerprint density at radius 2 is 1.86 bits per heavy atom. The molecule has 0 aliphatic heterocycles. The van der Waals surface area contributed by atoms with Crippen molar-refractivity contribution in [2.45, 2.75) is 19.9 Å². The Morgan fingerprint density at radius 3 is 2.36 bits per heavy atom. The fourth-order valence-corrected chi connectivity index (χ4v) is 1.41. The summed E-state index contributed by atoms with van der Waals surface area (Å²) in [6.45, 7) is 5.41. The summed E-state index contributed by atoms with van der Waals surface area (Å²) < 4.78 is 0. The molecule has 0 bridgehead atoms. The third kappa shape index (κ3) is 2.72. The van der Waals surface area contributed by atoms with Crippen LogP contribution < -0.4 is 16.8 Å². The summed E-state index contributed by atoms with van der Waals surface area (Å²) in [5, 5.41) is 3.33. The summed E-state index contributed by atoms with van der Waals surface area (Å²) in [4.78, 5) is 0. The first-order chi connectivity index (χ1) is 6.65. The summed E-state index contributed by atoms with van der Waals surface area (Å²) in [7, 11) is 0. The zero-order valence-electron chi connectivity index (χ0n) is 8.88. The smallest absolute Gasteiger partial charge is 0.0400 e. The molecule has 3 nitrogen and oxygen atoms in total. The van der Waals surface area contributed by atoms with E-state index in [2.05, 4.69) is 37.4 Å². The normalized spacial score (nSPS) is 12.6. The number of nitrogens with one attached hydrogen (secondary N) is 1. The molecule has 0 aliphatic carbocycles. The van der Waals surface area contributed by atoms with Gasteiger partial charge >= 0.3 is 0 Å². The van der Waals surface area contributed by atoms with E-state index < -0.39 is 0 Å². The van der Waals surface area contributed by atoms with Crippen LogP contribution in [0.5, 0.6) is 0 Å². The molecular formula is C11H19N3. The number of aryl methyl sites for hydroxylation is 2. The first kappa shape index (κ1) is 11.0. The number of hydrogen-bond donors (Lipinski definition) is 3. The van der Waals surface area contributed by atoms with Crippen molar-refractivity contribution < 1.29 is 0 Å². The highest BCUT2D eigenvalue weighted by Crippen LogP contribution is 2.18. The molecule has 1 unspecified atom stereocenters. The lowest BCUT2D eigenvalue weighted by molar-refractivity contribution is 0.712. The largest absolute Gasteiger partial charge is 0.383 e. The molecule has 5 N–H and O–H groups in total. The molecule has 14 heavy (non-hydrogen) atoms. The van der Waals surface area contributed by atoms with Crippen LogP contribution in [0.1, 0.15) is 11.1 Å². The number of rotatable bonds is 4. The van der Waals surface area contributed by atoms with Gasteiger partial charge in [0.2, 0.25) is 0 Å². The maximum atomic E-state index is 5.73. The van der Waals surface area contributed by atoms with Crippen molar-refractivity contribution in [1.29, 1.82) is 0 Å². The molecule has 1 aromatic rings. The minimum absolute atomic E-state index is 0.0222. The van der Waals surface area contributed by atoms with Crippen LogP contribution in [0.3, 0.4) is 0 Å².